The first-order valence-electron chi connectivity index (χ1n) is 18.0. The van der Waals surface area contributed by atoms with E-state index in [9.17, 15) is 0 Å². The molecule has 7 aromatic carbocycles. The predicted octanol–water partition coefficient (Wildman–Crippen LogP) is 12.8. The molecule has 0 radical (unpaired) electrons. The summed E-state index contributed by atoms with van der Waals surface area (Å²) in [6, 6.07) is 64.6. The van der Waals surface area contributed by atoms with Crippen molar-refractivity contribution in [2.24, 2.45) is 4.99 Å². The van der Waals surface area contributed by atoms with Crippen molar-refractivity contribution in [1.82, 2.24) is 9.55 Å². The van der Waals surface area contributed by atoms with E-state index < -0.39 is 0 Å². The van der Waals surface area contributed by atoms with Gasteiger partial charge in [0.2, 0.25) is 0 Å². The van der Waals surface area contributed by atoms with Crippen LogP contribution in [0.25, 0.3) is 72.3 Å². The summed E-state index contributed by atoms with van der Waals surface area (Å²) < 4.78 is 2.41. The lowest BCUT2D eigenvalue weighted by atomic mass is 9.90. The Morgan fingerprint density at radius 3 is 1.96 bits per heavy atom. The van der Waals surface area contributed by atoms with Gasteiger partial charge in [0.25, 0.3) is 0 Å². The van der Waals surface area contributed by atoms with E-state index in [1.165, 1.54) is 49.7 Å². The summed E-state index contributed by atoms with van der Waals surface area (Å²) in [6.45, 7) is 4.61. The predicted molar refractivity (Wildman–Crippen MR) is 222 cm³/mol. The van der Waals surface area contributed by atoms with Gasteiger partial charge >= 0.3 is 0 Å². The number of hydrogen-bond acceptors (Lipinski definition) is 3. The molecular weight excluding hydrogens is 645 g/mol. The molecule has 9 aromatic rings. The highest BCUT2D eigenvalue weighted by Crippen LogP contribution is 2.49. The number of para-hydroxylation sites is 4. The zero-order chi connectivity index (χ0) is 35.3. The zero-order valence-corrected chi connectivity index (χ0v) is 29.0. The fourth-order valence-electron chi connectivity index (χ4n) is 8.08. The highest BCUT2D eigenvalue weighted by Gasteiger charge is 2.28. The minimum Gasteiger partial charge on any atom is -0.335 e. The largest absolute Gasteiger partial charge is 0.335 e. The van der Waals surface area contributed by atoms with Crippen LogP contribution in [0.5, 0.6) is 0 Å². The van der Waals surface area contributed by atoms with E-state index in [2.05, 4.69) is 185 Å². The Kier molecular flexibility index (Phi) is 7.33. The topological polar surface area (TPSA) is 33.4 Å². The van der Waals surface area contributed by atoms with Gasteiger partial charge in [-0.3, -0.25) is 4.99 Å². The van der Waals surface area contributed by atoms with E-state index in [4.69, 9.17) is 4.98 Å². The lowest BCUT2D eigenvalue weighted by Gasteiger charge is -2.34. The van der Waals surface area contributed by atoms with E-state index in [0.29, 0.717) is 6.54 Å². The van der Waals surface area contributed by atoms with Crippen LogP contribution in [0, 0.1) is 0 Å². The molecule has 0 saturated carbocycles. The molecule has 10 rings (SSSR count). The molecule has 0 atom stereocenters. The van der Waals surface area contributed by atoms with E-state index in [0.717, 1.165) is 45.1 Å². The van der Waals surface area contributed by atoms with Crippen LogP contribution in [0.1, 0.15) is 5.56 Å². The molecule has 250 valence electrons. The molecular formula is C49H34N4. The van der Waals surface area contributed by atoms with Gasteiger partial charge < -0.3 is 9.47 Å². The third kappa shape index (κ3) is 5.15. The third-order valence-electron chi connectivity index (χ3n) is 10.5. The number of fused-ring (bicyclic) bond motifs is 7. The number of aromatic nitrogens is 2. The molecule has 0 N–H and O–H groups in total. The molecule has 2 aromatic heterocycles. The number of benzene rings is 7. The molecule has 4 heteroatoms. The van der Waals surface area contributed by atoms with Crippen molar-refractivity contribution >= 4 is 45.6 Å². The second-order valence-electron chi connectivity index (χ2n) is 13.5. The quantitative estimate of drug-likeness (QED) is 0.164. The maximum atomic E-state index is 5.25. The SMILES string of the molecule is C=Nc1ccccc1N1Cc2c(ccc3c2c2ccccc2n3-c2cccc(-c3cc(-c4ccccc4)cc(-c4ccccc4)n3)c2)-c2ccccc21. The molecule has 1 aliphatic heterocycles. The minimum atomic E-state index is 0.711. The van der Waals surface area contributed by atoms with Crippen LogP contribution in [0.15, 0.2) is 187 Å². The fourth-order valence-corrected chi connectivity index (χ4v) is 8.08. The summed E-state index contributed by atoms with van der Waals surface area (Å²) >= 11 is 0. The first kappa shape index (κ1) is 30.8. The molecule has 0 fully saturated rings. The lowest BCUT2D eigenvalue weighted by Crippen LogP contribution is -2.21. The maximum absolute atomic E-state index is 5.25. The second-order valence-corrected chi connectivity index (χ2v) is 13.5. The van der Waals surface area contributed by atoms with Gasteiger partial charge in [-0.05, 0) is 83.6 Å². The van der Waals surface area contributed by atoms with E-state index >= 15 is 0 Å². The number of hydrogen-bond donors (Lipinski definition) is 0. The van der Waals surface area contributed by atoms with Gasteiger partial charge in [-0.1, -0.05) is 127 Å². The summed E-state index contributed by atoms with van der Waals surface area (Å²) in [6.07, 6.45) is 0. The van der Waals surface area contributed by atoms with Gasteiger partial charge in [0.15, 0.2) is 0 Å². The maximum Gasteiger partial charge on any atom is 0.0859 e. The van der Waals surface area contributed by atoms with E-state index in [1.807, 2.05) is 18.2 Å². The van der Waals surface area contributed by atoms with Crippen molar-refractivity contribution in [3.63, 3.8) is 0 Å². The molecule has 0 saturated heterocycles. The summed E-state index contributed by atoms with van der Waals surface area (Å²) in [7, 11) is 0. The number of anilines is 2. The van der Waals surface area contributed by atoms with Crippen molar-refractivity contribution in [2.45, 2.75) is 6.54 Å². The minimum absolute atomic E-state index is 0.711. The van der Waals surface area contributed by atoms with Crippen LogP contribution in [0.2, 0.25) is 0 Å². The normalized spacial score (nSPS) is 12.1. The summed E-state index contributed by atoms with van der Waals surface area (Å²) in [5.41, 5.74) is 16.7. The Labute approximate surface area is 308 Å². The van der Waals surface area contributed by atoms with Gasteiger partial charge in [0, 0.05) is 45.4 Å². The van der Waals surface area contributed by atoms with Gasteiger partial charge in [-0.15, -0.1) is 0 Å². The molecule has 0 aliphatic carbocycles. The Balaban J connectivity index is 1.17. The Bertz CT molecular complexity index is 2780. The molecule has 53 heavy (non-hydrogen) atoms. The molecule has 3 heterocycles. The summed E-state index contributed by atoms with van der Waals surface area (Å²) in [4.78, 5) is 12.1. The Morgan fingerprint density at radius 2 is 1.15 bits per heavy atom. The van der Waals surface area contributed by atoms with Crippen LogP contribution in [0.4, 0.5) is 17.1 Å². The van der Waals surface area contributed by atoms with Crippen molar-refractivity contribution in [1.29, 1.82) is 0 Å². The van der Waals surface area contributed by atoms with Gasteiger partial charge in [0.05, 0.1) is 33.8 Å². The van der Waals surface area contributed by atoms with Crippen molar-refractivity contribution in [3.8, 4) is 50.5 Å². The highest BCUT2D eigenvalue weighted by atomic mass is 15.2. The van der Waals surface area contributed by atoms with Crippen LogP contribution >= 0.6 is 0 Å². The third-order valence-corrected chi connectivity index (χ3v) is 10.5. The van der Waals surface area contributed by atoms with Crippen LogP contribution < -0.4 is 4.90 Å². The van der Waals surface area contributed by atoms with Crippen LogP contribution in [-0.4, -0.2) is 16.3 Å². The van der Waals surface area contributed by atoms with Crippen molar-refractivity contribution < 1.29 is 0 Å². The standard InChI is InChI=1S/C49H34N4/c1-50-42-23-10-13-26-47(42)52-32-41-38(39-21-8-11-24-45(39)52)27-28-48-49(41)40-22-9-12-25-46(40)53(48)37-20-14-19-35(29-37)44-31-36(33-15-4-2-5-16-33)30-43(51-44)34-17-6-3-7-18-34/h2-31H,1,32H2. The fraction of sp³-hybridized carbons (Fsp3) is 0.0204. The molecule has 0 bridgehead atoms. The van der Waals surface area contributed by atoms with Gasteiger partial charge in [-0.25, -0.2) is 4.98 Å². The second kappa shape index (κ2) is 12.6. The first-order chi connectivity index (χ1) is 26.2. The molecule has 4 nitrogen and oxygen atoms in total. The Morgan fingerprint density at radius 1 is 0.491 bits per heavy atom. The molecule has 0 amide bonds. The smallest absolute Gasteiger partial charge is 0.0859 e. The number of aliphatic imine (C=N–C) groups is 1. The summed E-state index contributed by atoms with van der Waals surface area (Å²) in [5.74, 6) is 0. The van der Waals surface area contributed by atoms with Crippen molar-refractivity contribution in [3.05, 3.63) is 188 Å². The number of pyridine rings is 1. The highest BCUT2D eigenvalue weighted by molar-refractivity contribution is 6.14. The van der Waals surface area contributed by atoms with Gasteiger partial charge in [-0.2, -0.15) is 0 Å². The lowest BCUT2D eigenvalue weighted by molar-refractivity contribution is 0.970. The van der Waals surface area contributed by atoms with E-state index in [-0.39, 0.29) is 0 Å². The number of nitrogens with zero attached hydrogens (tertiary/aromatic N) is 4. The zero-order valence-electron chi connectivity index (χ0n) is 29.0. The van der Waals surface area contributed by atoms with Crippen LogP contribution in [0.3, 0.4) is 0 Å². The molecule has 1 aliphatic rings. The Hall–Kier alpha value is -7.04. The average molecular weight is 679 g/mol. The van der Waals surface area contributed by atoms with E-state index in [1.54, 1.807) is 0 Å². The average Bonchev–Trinajstić information content (AvgIpc) is 3.59. The van der Waals surface area contributed by atoms with Gasteiger partial charge in [0.1, 0.15) is 0 Å². The first-order valence-corrected chi connectivity index (χ1v) is 18.0. The molecule has 0 unspecified atom stereocenters. The monoisotopic (exact) mass is 678 g/mol. The van der Waals surface area contributed by atoms with Crippen molar-refractivity contribution in [2.75, 3.05) is 4.90 Å². The summed E-state index contributed by atoms with van der Waals surface area (Å²) in [5, 5.41) is 2.50. The number of rotatable bonds is 6. The van der Waals surface area contributed by atoms with Crippen LogP contribution in [-0.2, 0) is 6.54 Å². The molecule has 0 spiro atoms.